The molecule has 0 spiro atoms. The van der Waals surface area contributed by atoms with Gasteiger partial charge in [0.15, 0.2) is 0 Å². The predicted octanol–water partition coefficient (Wildman–Crippen LogP) is 2.38. The molecule has 13 heavy (non-hydrogen) atoms. The first kappa shape index (κ1) is 8.05. The Labute approximate surface area is 77.4 Å². The molecule has 0 aliphatic rings. The monoisotopic (exact) mass is 172 g/mol. The summed E-state index contributed by atoms with van der Waals surface area (Å²) in [5.74, 6) is 0. The molecule has 2 heteroatoms. The summed E-state index contributed by atoms with van der Waals surface area (Å²) >= 11 is 0. The van der Waals surface area contributed by atoms with Crippen LogP contribution in [0.3, 0.4) is 0 Å². The zero-order valence-corrected chi connectivity index (χ0v) is 7.62. The van der Waals surface area contributed by atoms with E-state index in [0.717, 1.165) is 28.7 Å². The molecule has 2 nitrogen and oxygen atoms in total. The fourth-order valence-corrected chi connectivity index (χ4v) is 1.41. The van der Waals surface area contributed by atoms with Gasteiger partial charge in [-0.2, -0.15) is 0 Å². The Hall–Kier alpha value is -1.57. The highest BCUT2D eigenvalue weighted by Crippen LogP contribution is 2.18. The lowest BCUT2D eigenvalue weighted by molar-refractivity contribution is 1.06. The van der Waals surface area contributed by atoms with Crippen molar-refractivity contribution in [2.24, 2.45) is 0 Å². The Morgan fingerprint density at radius 2 is 2.08 bits per heavy atom. The number of nitrogens with zero attached hydrogens (tertiary/aromatic N) is 1. The molecule has 0 saturated heterocycles. The number of rotatable bonds is 1. The van der Waals surface area contributed by atoms with E-state index in [0.29, 0.717) is 0 Å². The normalized spacial score (nSPS) is 10.5. The number of aromatic nitrogens is 1. The average Bonchev–Trinajstić information content (AvgIpc) is 2.18. The van der Waals surface area contributed by atoms with Crippen molar-refractivity contribution in [2.45, 2.75) is 13.3 Å². The van der Waals surface area contributed by atoms with Gasteiger partial charge in [-0.15, -0.1) is 0 Å². The summed E-state index contributed by atoms with van der Waals surface area (Å²) in [7, 11) is 0. The SMILES string of the molecule is CCc1ccc2cccc(N)c2n1. The van der Waals surface area contributed by atoms with Crippen LogP contribution < -0.4 is 5.73 Å². The van der Waals surface area contributed by atoms with Crippen molar-refractivity contribution >= 4 is 16.6 Å². The van der Waals surface area contributed by atoms with Gasteiger partial charge in [0.05, 0.1) is 11.2 Å². The molecular formula is C11H12N2. The third kappa shape index (κ3) is 1.35. The molecule has 2 rings (SSSR count). The summed E-state index contributed by atoms with van der Waals surface area (Å²) in [6.45, 7) is 2.09. The Morgan fingerprint density at radius 1 is 1.23 bits per heavy atom. The molecule has 0 amide bonds. The summed E-state index contributed by atoms with van der Waals surface area (Å²) in [6.07, 6.45) is 0.949. The van der Waals surface area contributed by atoms with Crippen molar-refractivity contribution in [1.82, 2.24) is 4.98 Å². The number of para-hydroxylation sites is 1. The van der Waals surface area contributed by atoms with E-state index in [1.54, 1.807) is 0 Å². The molecule has 0 fully saturated rings. The topological polar surface area (TPSA) is 38.9 Å². The Bertz CT molecular complexity index is 435. The minimum Gasteiger partial charge on any atom is -0.397 e. The van der Waals surface area contributed by atoms with Crippen molar-refractivity contribution in [3.8, 4) is 0 Å². The van der Waals surface area contributed by atoms with Crippen LogP contribution in [0.2, 0.25) is 0 Å². The molecule has 0 radical (unpaired) electrons. The van der Waals surface area contributed by atoms with Crippen LogP contribution in [0.5, 0.6) is 0 Å². The molecule has 2 aromatic rings. The maximum Gasteiger partial charge on any atom is 0.0934 e. The predicted molar refractivity (Wildman–Crippen MR) is 55.5 cm³/mol. The van der Waals surface area contributed by atoms with Crippen molar-refractivity contribution in [3.63, 3.8) is 0 Å². The van der Waals surface area contributed by atoms with Crippen LogP contribution in [0.1, 0.15) is 12.6 Å². The Morgan fingerprint density at radius 3 is 2.85 bits per heavy atom. The molecule has 2 N–H and O–H groups in total. The quantitative estimate of drug-likeness (QED) is 0.671. The number of pyridine rings is 1. The molecule has 1 aromatic heterocycles. The van der Waals surface area contributed by atoms with Crippen LogP contribution in [0.15, 0.2) is 30.3 Å². The highest BCUT2D eigenvalue weighted by atomic mass is 14.7. The minimum atomic E-state index is 0.757. The second-order valence-electron chi connectivity index (χ2n) is 3.08. The zero-order chi connectivity index (χ0) is 9.26. The number of benzene rings is 1. The summed E-state index contributed by atoms with van der Waals surface area (Å²) < 4.78 is 0. The Balaban J connectivity index is 2.74. The first-order valence-electron chi connectivity index (χ1n) is 4.45. The lowest BCUT2D eigenvalue weighted by atomic mass is 10.1. The summed E-state index contributed by atoms with van der Waals surface area (Å²) in [5.41, 5.74) is 8.58. The zero-order valence-electron chi connectivity index (χ0n) is 7.62. The van der Waals surface area contributed by atoms with Gasteiger partial charge in [-0.25, -0.2) is 0 Å². The van der Waals surface area contributed by atoms with Crippen molar-refractivity contribution in [3.05, 3.63) is 36.0 Å². The lowest BCUT2D eigenvalue weighted by Gasteiger charge is -2.02. The molecule has 0 atom stereocenters. The van der Waals surface area contributed by atoms with Gasteiger partial charge in [-0.3, -0.25) is 4.98 Å². The number of fused-ring (bicyclic) bond motifs is 1. The van der Waals surface area contributed by atoms with Gasteiger partial charge in [0, 0.05) is 11.1 Å². The van der Waals surface area contributed by atoms with Crippen molar-refractivity contribution in [1.29, 1.82) is 0 Å². The summed E-state index contributed by atoms with van der Waals surface area (Å²) in [6, 6.07) is 9.97. The molecular weight excluding hydrogens is 160 g/mol. The Kier molecular flexibility index (Phi) is 1.89. The molecule has 0 bridgehead atoms. The fraction of sp³-hybridized carbons (Fsp3) is 0.182. The van der Waals surface area contributed by atoms with E-state index < -0.39 is 0 Å². The number of nitrogens with two attached hydrogens (primary N) is 1. The van der Waals surface area contributed by atoms with Crippen LogP contribution >= 0.6 is 0 Å². The van der Waals surface area contributed by atoms with Gasteiger partial charge in [0.2, 0.25) is 0 Å². The van der Waals surface area contributed by atoms with Crippen LogP contribution in [0.4, 0.5) is 5.69 Å². The van der Waals surface area contributed by atoms with Crippen LogP contribution in [-0.4, -0.2) is 4.98 Å². The lowest BCUT2D eigenvalue weighted by Crippen LogP contribution is -1.92. The third-order valence-corrected chi connectivity index (χ3v) is 2.17. The van der Waals surface area contributed by atoms with Crippen LogP contribution in [-0.2, 0) is 6.42 Å². The van der Waals surface area contributed by atoms with E-state index in [1.807, 2.05) is 24.3 Å². The summed E-state index contributed by atoms with van der Waals surface area (Å²) in [5, 5.41) is 1.11. The van der Waals surface area contributed by atoms with Gasteiger partial charge < -0.3 is 5.73 Å². The van der Waals surface area contributed by atoms with E-state index in [-0.39, 0.29) is 0 Å². The molecule has 0 aliphatic carbocycles. The van der Waals surface area contributed by atoms with Gasteiger partial charge in [-0.1, -0.05) is 25.1 Å². The number of hydrogen-bond acceptors (Lipinski definition) is 2. The molecule has 0 aliphatic heterocycles. The largest absolute Gasteiger partial charge is 0.397 e. The molecule has 0 unspecified atom stereocenters. The number of anilines is 1. The maximum absolute atomic E-state index is 5.82. The van der Waals surface area contributed by atoms with E-state index in [2.05, 4.69) is 18.0 Å². The smallest absolute Gasteiger partial charge is 0.0934 e. The van der Waals surface area contributed by atoms with Crippen molar-refractivity contribution < 1.29 is 0 Å². The summed E-state index contributed by atoms with van der Waals surface area (Å²) in [4.78, 5) is 4.47. The highest BCUT2D eigenvalue weighted by molar-refractivity contribution is 5.89. The van der Waals surface area contributed by atoms with E-state index >= 15 is 0 Å². The maximum atomic E-state index is 5.82. The van der Waals surface area contributed by atoms with E-state index in [9.17, 15) is 0 Å². The van der Waals surface area contributed by atoms with Crippen LogP contribution in [0, 0.1) is 0 Å². The van der Waals surface area contributed by atoms with Gasteiger partial charge in [0.1, 0.15) is 0 Å². The van der Waals surface area contributed by atoms with E-state index in [4.69, 9.17) is 5.73 Å². The number of nitrogen functional groups attached to an aromatic ring is 1. The number of aryl methyl sites for hydroxylation is 1. The third-order valence-electron chi connectivity index (χ3n) is 2.17. The average molecular weight is 172 g/mol. The van der Waals surface area contributed by atoms with Gasteiger partial charge in [0.25, 0.3) is 0 Å². The minimum absolute atomic E-state index is 0.757. The van der Waals surface area contributed by atoms with E-state index in [1.165, 1.54) is 0 Å². The first-order chi connectivity index (χ1) is 6.31. The van der Waals surface area contributed by atoms with Gasteiger partial charge in [-0.05, 0) is 18.6 Å². The molecule has 66 valence electrons. The second kappa shape index (κ2) is 3.05. The first-order valence-corrected chi connectivity index (χ1v) is 4.45. The standard InChI is InChI=1S/C11H12N2/c1-2-9-7-6-8-4-3-5-10(12)11(8)13-9/h3-7H,2,12H2,1H3. The van der Waals surface area contributed by atoms with Gasteiger partial charge >= 0.3 is 0 Å². The second-order valence-corrected chi connectivity index (χ2v) is 3.08. The van der Waals surface area contributed by atoms with Crippen LogP contribution in [0.25, 0.3) is 10.9 Å². The fourth-order valence-electron chi connectivity index (χ4n) is 1.41. The molecule has 1 aromatic carbocycles. The molecule has 0 saturated carbocycles. The van der Waals surface area contributed by atoms with Crippen molar-refractivity contribution in [2.75, 3.05) is 5.73 Å². The number of hydrogen-bond donors (Lipinski definition) is 1. The molecule has 1 heterocycles. The highest BCUT2D eigenvalue weighted by Gasteiger charge is 1.99.